The van der Waals surface area contributed by atoms with E-state index >= 15 is 0 Å². The van der Waals surface area contributed by atoms with Gasteiger partial charge in [-0.1, -0.05) is 42.5 Å². The zero-order valence-corrected chi connectivity index (χ0v) is 11.5. The fraction of sp³-hybridized carbons (Fsp3) is 0.0526. The van der Waals surface area contributed by atoms with Crippen molar-refractivity contribution in [3.8, 4) is 0 Å². The summed E-state index contributed by atoms with van der Waals surface area (Å²) in [7, 11) is 0. The molecule has 1 heteroatoms. The van der Waals surface area contributed by atoms with Gasteiger partial charge in [0, 0.05) is 17.1 Å². The van der Waals surface area contributed by atoms with Gasteiger partial charge in [-0.25, -0.2) is 0 Å². The standard InChI is InChI=1S/C19H16N/c1-16-9-8-14-19(15-16)20(17-10-4-2-5-11-17)18-12-6-3-7-13-18/h2,4-15H,1H3. The van der Waals surface area contributed by atoms with Crippen LogP contribution in [0.3, 0.4) is 0 Å². The normalized spacial score (nSPS) is 10.2. The second kappa shape index (κ2) is 5.62. The van der Waals surface area contributed by atoms with Crippen molar-refractivity contribution in [1.29, 1.82) is 0 Å². The van der Waals surface area contributed by atoms with Gasteiger partial charge >= 0.3 is 0 Å². The van der Waals surface area contributed by atoms with Gasteiger partial charge < -0.3 is 4.90 Å². The lowest BCUT2D eigenvalue weighted by Gasteiger charge is -2.25. The van der Waals surface area contributed by atoms with Crippen LogP contribution in [0.5, 0.6) is 0 Å². The highest BCUT2D eigenvalue weighted by Gasteiger charge is 2.11. The molecule has 0 aliphatic carbocycles. The van der Waals surface area contributed by atoms with Crippen molar-refractivity contribution in [3.63, 3.8) is 0 Å². The van der Waals surface area contributed by atoms with E-state index in [9.17, 15) is 0 Å². The maximum Gasteiger partial charge on any atom is 0.0464 e. The quantitative estimate of drug-likeness (QED) is 0.619. The van der Waals surface area contributed by atoms with Crippen molar-refractivity contribution in [1.82, 2.24) is 0 Å². The van der Waals surface area contributed by atoms with Crippen LogP contribution in [0.1, 0.15) is 5.56 Å². The Morgan fingerprint density at radius 3 is 2.05 bits per heavy atom. The molecule has 0 N–H and O–H groups in total. The Labute approximate surface area is 120 Å². The van der Waals surface area contributed by atoms with Crippen LogP contribution >= 0.6 is 0 Å². The van der Waals surface area contributed by atoms with Gasteiger partial charge in [0.2, 0.25) is 0 Å². The summed E-state index contributed by atoms with van der Waals surface area (Å²) in [5.41, 5.74) is 4.72. The van der Waals surface area contributed by atoms with Crippen LogP contribution in [-0.2, 0) is 0 Å². The summed E-state index contributed by atoms with van der Waals surface area (Å²) in [4.78, 5) is 2.25. The average Bonchev–Trinajstić information content (AvgIpc) is 2.50. The third-order valence-corrected chi connectivity index (χ3v) is 3.23. The molecule has 0 aliphatic heterocycles. The first-order valence-corrected chi connectivity index (χ1v) is 6.72. The average molecular weight is 258 g/mol. The van der Waals surface area contributed by atoms with E-state index in [1.165, 1.54) is 11.3 Å². The molecule has 0 saturated heterocycles. The second-order valence-electron chi connectivity index (χ2n) is 4.77. The van der Waals surface area contributed by atoms with Crippen LogP contribution < -0.4 is 4.90 Å². The van der Waals surface area contributed by atoms with Gasteiger partial charge in [0.05, 0.1) is 0 Å². The van der Waals surface area contributed by atoms with E-state index in [1.54, 1.807) is 0 Å². The van der Waals surface area contributed by atoms with E-state index < -0.39 is 0 Å². The number of hydrogen-bond acceptors (Lipinski definition) is 1. The molecular weight excluding hydrogens is 242 g/mol. The van der Waals surface area contributed by atoms with Crippen LogP contribution in [0.25, 0.3) is 0 Å². The largest absolute Gasteiger partial charge is 0.310 e. The minimum absolute atomic E-state index is 1.14. The van der Waals surface area contributed by atoms with E-state index in [-0.39, 0.29) is 0 Å². The molecule has 1 nitrogen and oxygen atoms in total. The SMILES string of the molecule is Cc1cccc(N(c2cc[c]cc2)c2ccccc2)c1. The Balaban J connectivity index is 2.14. The highest BCUT2D eigenvalue weighted by Crippen LogP contribution is 2.34. The van der Waals surface area contributed by atoms with Gasteiger partial charge in [-0.2, -0.15) is 0 Å². The van der Waals surface area contributed by atoms with Crippen molar-refractivity contribution >= 4 is 17.1 Å². The maximum atomic E-state index is 3.08. The van der Waals surface area contributed by atoms with Crippen molar-refractivity contribution in [3.05, 3.63) is 90.5 Å². The van der Waals surface area contributed by atoms with Crippen LogP contribution in [0.4, 0.5) is 17.1 Å². The summed E-state index contributed by atoms with van der Waals surface area (Å²) in [5.74, 6) is 0. The Hall–Kier alpha value is -2.54. The lowest BCUT2D eigenvalue weighted by Crippen LogP contribution is -2.09. The zero-order valence-electron chi connectivity index (χ0n) is 11.5. The number of para-hydroxylation sites is 1. The molecule has 0 bridgehead atoms. The molecule has 0 aliphatic rings. The predicted octanol–water partition coefficient (Wildman–Crippen LogP) is 5.27. The van der Waals surface area contributed by atoms with Crippen LogP contribution in [-0.4, -0.2) is 0 Å². The third kappa shape index (κ3) is 2.57. The third-order valence-electron chi connectivity index (χ3n) is 3.23. The van der Waals surface area contributed by atoms with Crippen molar-refractivity contribution < 1.29 is 0 Å². The predicted molar refractivity (Wildman–Crippen MR) is 84.7 cm³/mol. The van der Waals surface area contributed by atoms with Crippen molar-refractivity contribution in [2.75, 3.05) is 4.90 Å². The lowest BCUT2D eigenvalue weighted by molar-refractivity contribution is 1.27. The molecule has 0 atom stereocenters. The van der Waals surface area contributed by atoms with E-state index in [1.807, 2.05) is 18.2 Å². The molecule has 1 radical (unpaired) electrons. The first-order chi connectivity index (χ1) is 9.84. The summed E-state index contributed by atoms with van der Waals surface area (Å²) >= 11 is 0. The van der Waals surface area contributed by atoms with Gasteiger partial charge in [-0.15, -0.1) is 0 Å². The summed E-state index contributed by atoms with van der Waals surface area (Å²) in [6, 6.07) is 30.1. The van der Waals surface area contributed by atoms with Gasteiger partial charge in [0.15, 0.2) is 0 Å². The van der Waals surface area contributed by atoms with Crippen LogP contribution in [0.2, 0.25) is 0 Å². The monoisotopic (exact) mass is 258 g/mol. The maximum absolute atomic E-state index is 3.08. The van der Waals surface area contributed by atoms with Gasteiger partial charge in [-0.3, -0.25) is 0 Å². The second-order valence-corrected chi connectivity index (χ2v) is 4.77. The van der Waals surface area contributed by atoms with E-state index in [0.29, 0.717) is 0 Å². The number of nitrogens with zero attached hydrogens (tertiary/aromatic N) is 1. The molecule has 3 rings (SSSR count). The molecule has 0 unspecified atom stereocenters. The minimum atomic E-state index is 1.14. The lowest BCUT2D eigenvalue weighted by atomic mass is 10.1. The number of rotatable bonds is 3. The fourth-order valence-electron chi connectivity index (χ4n) is 2.32. The van der Waals surface area contributed by atoms with Crippen LogP contribution in [0, 0.1) is 13.0 Å². The van der Waals surface area contributed by atoms with Crippen molar-refractivity contribution in [2.24, 2.45) is 0 Å². The van der Waals surface area contributed by atoms with E-state index in [2.05, 4.69) is 78.6 Å². The molecule has 3 aromatic carbocycles. The topological polar surface area (TPSA) is 3.24 Å². The Morgan fingerprint density at radius 2 is 1.35 bits per heavy atom. The van der Waals surface area contributed by atoms with Crippen molar-refractivity contribution in [2.45, 2.75) is 6.92 Å². The molecule has 0 aromatic heterocycles. The molecule has 0 spiro atoms. The Morgan fingerprint density at radius 1 is 0.700 bits per heavy atom. The smallest absolute Gasteiger partial charge is 0.0464 e. The highest BCUT2D eigenvalue weighted by atomic mass is 15.1. The first kappa shape index (κ1) is 12.5. The molecule has 97 valence electrons. The number of aryl methyl sites for hydroxylation is 1. The molecule has 0 amide bonds. The van der Waals surface area contributed by atoms with E-state index in [4.69, 9.17) is 0 Å². The fourth-order valence-corrected chi connectivity index (χ4v) is 2.32. The number of hydrogen-bond donors (Lipinski definition) is 0. The molecule has 0 fully saturated rings. The molecule has 20 heavy (non-hydrogen) atoms. The molecule has 0 saturated carbocycles. The Bertz CT molecular complexity index is 635. The molecule has 0 heterocycles. The summed E-state index contributed by atoms with van der Waals surface area (Å²) < 4.78 is 0. The van der Waals surface area contributed by atoms with E-state index in [0.717, 1.165) is 11.4 Å². The van der Waals surface area contributed by atoms with Crippen LogP contribution in [0.15, 0.2) is 78.9 Å². The zero-order chi connectivity index (χ0) is 13.8. The highest BCUT2D eigenvalue weighted by molar-refractivity contribution is 5.76. The Kier molecular flexibility index (Phi) is 3.51. The summed E-state index contributed by atoms with van der Waals surface area (Å²) in [5, 5.41) is 0. The first-order valence-electron chi connectivity index (χ1n) is 6.72. The number of anilines is 3. The van der Waals surface area contributed by atoms with Gasteiger partial charge in [-0.05, 0) is 55.0 Å². The minimum Gasteiger partial charge on any atom is -0.310 e. The summed E-state index contributed by atoms with van der Waals surface area (Å²) in [6.07, 6.45) is 0. The molecule has 3 aromatic rings. The molecular formula is C19H16N. The van der Waals surface area contributed by atoms with Gasteiger partial charge in [0.25, 0.3) is 0 Å². The van der Waals surface area contributed by atoms with Gasteiger partial charge in [0.1, 0.15) is 0 Å². The summed E-state index contributed by atoms with van der Waals surface area (Å²) in [6.45, 7) is 2.12. The number of benzene rings is 3.